The first-order valence-corrected chi connectivity index (χ1v) is 6.91. The maximum atomic E-state index is 5.59. The molecule has 2 aromatic rings. The largest absolute Gasteiger partial charge is 0.484 e. The van der Waals surface area contributed by atoms with Gasteiger partial charge in [0.25, 0.3) is 0 Å². The lowest BCUT2D eigenvalue weighted by Gasteiger charge is -2.00. The Hall–Kier alpha value is -1.40. The Labute approximate surface area is 111 Å². The van der Waals surface area contributed by atoms with Crippen LogP contribution in [0.4, 0.5) is 0 Å². The standard InChI is InChI=1S/C12H18N4OS/c1-3-4-13-6-12-15-10(9-18-12)8-17-11-5-14-16(2)7-11/h5,7,9,13H,3-4,6,8H2,1-2H3. The van der Waals surface area contributed by atoms with Gasteiger partial charge in [-0.1, -0.05) is 6.92 Å². The summed E-state index contributed by atoms with van der Waals surface area (Å²) in [5.74, 6) is 0.774. The zero-order chi connectivity index (χ0) is 12.8. The van der Waals surface area contributed by atoms with Crippen molar-refractivity contribution < 1.29 is 4.74 Å². The lowest BCUT2D eigenvalue weighted by molar-refractivity contribution is 0.301. The zero-order valence-electron chi connectivity index (χ0n) is 10.7. The molecule has 0 aliphatic carbocycles. The molecule has 0 spiro atoms. The molecular formula is C12H18N4OS. The molecule has 2 rings (SSSR count). The summed E-state index contributed by atoms with van der Waals surface area (Å²) in [6.45, 7) is 4.52. The first-order valence-electron chi connectivity index (χ1n) is 6.03. The van der Waals surface area contributed by atoms with Crippen molar-refractivity contribution in [3.8, 4) is 5.75 Å². The normalized spacial score (nSPS) is 10.8. The number of nitrogens with one attached hydrogen (secondary N) is 1. The van der Waals surface area contributed by atoms with E-state index in [0.29, 0.717) is 6.61 Å². The second kappa shape index (κ2) is 6.51. The van der Waals surface area contributed by atoms with E-state index in [-0.39, 0.29) is 0 Å². The van der Waals surface area contributed by atoms with Crippen LogP contribution in [0.5, 0.6) is 5.75 Å². The second-order valence-corrected chi connectivity index (χ2v) is 4.99. The van der Waals surface area contributed by atoms with Crippen LogP contribution in [-0.4, -0.2) is 21.3 Å². The highest BCUT2D eigenvalue weighted by Crippen LogP contribution is 2.13. The summed E-state index contributed by atoms with van der Waals surface area (Å²) in [5.41, 5.74) is 0.970. The Morgan fingerprint density at radius 1 is 1.50 bits per heavy atom. The molecular weight excluding hydrogens is 248 g/mol. The van der Waals surface area contributed by atoms with Gasteiger partial charge in [0, 0.05) is 19.0 Å². The number of thiazole rings is 1. The number of nitrogens with zero attached hydrogens (tertiary/aromatic N) is 3. The van der Waals surface area contributed by atoms with Crippen LogP contribution in [0, 0.1) is 0 Å². The lowest BCUT2D eigenvalue weighted by Crippen LogP contribution is -2.13. The van der Waals surface area contributed by atoms with Crippen molar-refractivity contribution in [1.29, 1.82) is 0 Å². The van der Waals surface area contributed by atoms with E-state index in [2.05, 4.69) is 22.3 Å². The molecule has 0 saturated heterocycles. The van der Waals surface area contributed by atoms with Crippen molar-refractivity contribution in [2.24, 2.45) is 7.05 Å². The van der Waals surface area contributed by atoms with Crippen molar-refractivity contribution in [3.05, 3.63) is 28.5 Å². The minimum atomic E-state index is 0.496. The van der Waals surface area contributed by atoms with Gasteiger partial charge in [-0.05, 0) is 13.0 Å². The summed E-state index contributed by atoms with van der Waals surface area (Å²) in [4.78, 5) is 4.51. The number of ether oxygens (including phenoxy) is 1. The molecule has 0 unspecified atom stereocenters. The van der Waals surface area contributed by atoms with Gasteiger partial charge < -0.3 is 10.1 Å². The molecule has 2 heterocycles. The van der Waals surface area contributed by atoms with Gasteiger partial charge in [0.1, 0.15) is 11.6 Å². The van der Waals surface area contributed by atoms with Crippen molar-refractivity contribution in [2.75, 3.05) is 6.54 Å². The highest BCUT2D eigenvalue weighted by atomic mass is 32.1. The van der Waals surface area contributed by atoms with Gasteiger partial charge in [-0.3, -0.25) is 4.68 Å². The fourth-order valence-electron chi connectivity index (χ4n) is 1.50. The van der Waals surface area contributed by atoms with Gasteiger partial charge in [0.2, 0.25) is 0 Å². The molecule has 0 amide bonds. The molecule has 1 N–H and O–H groups in total. The molecule has 0 aliphatic rings. The molecule has 0 atom stereocenters. The molecule has 5 nitrogen and oxygen atoms in total. The van der Waals surface area contributed by atoms with Crippen molar-refractivity contribution in [2.45, 2.75) is 26.5 Å². The van der Waals surface area contributed by atoms with Crippen LogP contribution in [0.3, 0.4) is 0 Å². The monoisotopic (exact) mass is 266 g/mol. The first kappa shape index (κ1) is 13.0. The van der Waals surface area contributed by atoms with Gasteiger partial charge in [-0.15, -0.1) is 11.3 Å². The molecule has 0 saturated carbocycles. The molecule has 0 fully saturated rings. The van der Waals surface area contributed by atoms with E-state index in [1.165, 1.54) is 0 Å². The Balaban J connectivity index is 1.79. The second-order valence-electron chi connectivity index (χ2n) is 4.05. The smallest absolute Gasteiger partial charge is 0.157 e. The summed E-state index contributed by atoms with van der Waals surface area (Å²) in [5, 5.41) is 10.5. The summed E-state index contributed by atoms with van der Waals surface area (Å²) in [7, 11) is 1.87. The van der Waals surface area contributed by atoms with Crippen molar-refractivity contribution in [1.82, 2.24) is 20.1 Å². The number of aromatic nitrogens is 3. The zero-order valence-corrected chi connectivity index (χ0v) is 11.5. The maximum Gasteiger partial charge on any atom is 0.157 e. The van der Waals surface area contributed by atoms with Crippen molar-refractivity contribution >= 4 is 11.3 Å². The SMILES string of the molecule is CCCNCc1nc(COc2cnn(C)c2)cs1. The number of hydrogen-bond acceptors (Lipinski definition) is 5. The summed E-state index contributed by atoms with van der Waals surface area (Å²) >= 11 is 1.67. The minimum Gasteiger partial charge on any atom is -0.484 e. The van der Waals surface area contributed by atoms with Gasteiger partial charge in [-0.2, -0.15) is 5.10 Å². The van der Waals surface area contributed by atoms with E-state index in [0.717, 1.165) is 36.0 Å². The van der Waals surface area contributed by atoms with Crippen LogP contribution in [-0.2, 0) is 20.2 Å². The summed E-state index contributed by atoms with van der Waals surface area (Å²) in [6.07, 6.45) is 4.69. The molecule has 6 heteroatoms. The van der Waals surface area contributed by atoms with E-state index < -0.39 is 0 Å². The number of hydrogen-bond donors (Lipinski definition) is 1. The predicted molar refractivity (Wildman–Crippen MR) is 71.7 cm³/mol. The lowest BCUT2D eigenvalue weighted by atomic mass is 10.5. The Kier molecular flexibility index (Phi) is 4.72. The van der Waals surface area contributed by atoms with E-state index in [1.807, 2.05) is 18.6 Å². The topological polar surface area (TPSA) is 52.0 Å². The van der Waals surface area contributed by atoms with Gasteiger partial charge >= 0.3 is 0 Å². The number of rotatable bonds is 7. The maximum absolute atomic E-state index is 5.59. The Morgan fingerprint density at radius 2 is 2.39 bits per heavy atom. The third-order valence-corrected chi connectivity index (χ3v) is 3.27. The number of aryl methyl sites for hydroxylation is 1. The highest BCUT2D eigenvalue weighted by molar-refractivity contribution is 7.09. The average Bonchev–Trinajstić information content (AvgIpc) is 2.96. The van der Waals surface area contributed by atoms with Crippen LogP contribution < -0.4 is 10.1 Å². The van der Waals surface area contributed by atoms with Crippen LogP contribution >= 0.6 is 11.3 Å². The molecule has 0 aromatic carbocycles. The molecule has 0 aliphatic heterocycles. The molecule has 0 radical (unpaired) electrons. The van der Waals surface area contributed by atoms with Crippen LogP contribution in [0.15, 0.2) is 17.8 Å². The van der Waals surface area contributed by atoms with Gasteiger partial charge in [-0.25, -0.2) is 4.98 Å². The van der Waals surface area contributed by atoms with E-state index in [1.54, 1.807) is 22.2 Å². The van der Waals surface area contributed by atoms with Crippen LogP contribution in [0.1, 0.15) is 24.0 Å². The highest BCUT2D eigenvalue weighted by Gasteiger charge is 2.03. The first-order chi connectivity index (χ1) is 8.78. The van der Waals surface area contributed by atoms with Crippen LogP contribution in [0.25, 0.3) is 0 Å². The Morgan fingerprint density at radius 3 is 3.11 bits per heavy atom. The van der Waals surface area contributed by atoms with Gasteiger partial charge in [0.15, 0.2) is 5.75 Å². The van der Waals surface area contributed by atoms with E-state index in [4.69, 9.17) is 4.74 Å². The fraction of sp³-hybridized carbons (Fsp3) is 0.500. The van der Waals surface area contributed by atoms with Gasteiger partial charge in [0.05, 0.1) is 18.1 Å². The third kappa shape index (κ3) is 3.82. The Bertz CT molecular complexity index is 480. The predicted octanol–water partition coefficient (Wildman–Crippen LogP) is 1.96. The van der Waals surface area contributed by atoms with E-state index in [9.17, 15) is 0 Å². The minimum absolute atomic E-state index is 0.496. The summed E-state index contributed by atoms with van der Waals surface area (Å²) in [6, 6.07) is 0. The third-order valence-electron chi connectivity index (χ3n) is 2.37. The molecule has 2 aromatic heterocycles. The van der Waals surface area contributed by atoms with E-state index >= 15 is 0 Å². The fourth-order valence-corrected chi connectivity index (χ4v) is 2.25. The average molecular weight is 266 g/mol. The molecule has 98 valence electrons. The molecule has 18 heavy (non-hydrogen) atoms. The summed E-state index contributed by atoms with van der Waals surface area (Å²) < 4.78 is 7.31. The van der Waals surface area contributed by atoms with Crippen molar-refractivity contribution in [3.63, 3.8) is 0 Å². The van der Waals surface area contributed by atoms with Crippen LogP contribution in [0.2, 0.25) is 0 Å². The quantitative estimate of drug-likeness (QED) is 0.778. The molecule has 0 bridgehead atoms.